The van der Waals surface area contributed by atoms with Crippen molar-refractivity contribution >= 4 is 23.4 Å². The molecule has 1 aliphatic heterocycles. The largest absolute Gasteiger partial charge is 0.416 e. The number of pyridine rings is 1. The molecule has 1 atom stereocenters. The molecule has 1 aromatic heterocycles. The fraction of sp³-hybridized carbons (Fsp3) is 0.583. The van der Waals surface area contributed by atoms with E-state index < -0.39 is 11.7 Å². The molecule has 0 aliphatic carbocycles. The summed E-state index contributed by atoms with van der Waals surface area (Å²) in [6, 6.07) is 2.07. The van der Waals surface area contributed by atoms with Crippen molar-refractivity contribution in [1.29, 1.82) is 0 Å². The molecule has 1 aliphatic rings. The normalized spacial score (nSPS) is 19.5. The zero-order valence-corrected chi connectivity index (χ0v) is 11.4. The molecule has 0 radical (unpaired) electrons. The molecule has 1 unspecified atom stereocenters. The molecule has 1 aromatic rings. The maximum atomic E-state index is 12.7. The number of halogens is 3. The van der Waals surface area contributed by atoms with Crippen molar-refractivity contribution < 1.29 is 13.2 Å². The molecule has 7 heteroatoms. The monoisotopic (exact) mass is 291 g/mol. The highest BCUT2D eigenvalue weighted by molar-refractivity contribution is 7.99. The van der Waals surface area contributed by atoms with E-state index in [4.69, 9.17) is 0 Å². The van der Waals surface area contributed by atoms with Gasteiger partial charge in [-0.05, 0) is 36.0 Å². The summed E-state index contributed by atoms with van der Waals surface area (Å²) in [6.07, 6.45) is -3.25. The minimum Gasteiger partial charge on any atom is -0.373 e. The topological polar surface area (TPSA) is 37.0 Å². The van der Waals surface area contributed by atoms with Crippen LogP contribution in [0.15, 0.2) is 12.1 Å². The van der Waals surface area contributed by atoms with Crippen LogP contribution in [-0.4, -0.2) is 30.1 Å². The van der Waals surface area contributed by atoms with E-state index in [9.17, 15) is 13.2 Å². The summed E-state index contributed by atoms with van der Waals surface area (Å²) in [7, 11) is 1.56. The predicted molar refractivity (Wildman–Crippen MR) is 72.7 cm³/mol. The maximum absolute atomic E-state index is 12.7. The molecule has 2 heterocycles. The van der Waals surface area contributed by atoms with Crippen LogP contribution in [0.4, 0.5) is 24.8 Å². The minimum atomic E-state index is -4.35. The minimum absolute atomic E-state index is 0.220. The number of rotatable bonds is 4. The molecule has 3 nitrogen and oxygen atoms in total. The molecule has 0 amide bonds. The van der Waals surface area contributed by atoms with Gasteiger partial charge in [0.05, 0.1) is 5.56 Å². The Labute approximate surface area is 114 Å². The van der Waals surface area contributed by atoms with Gasteiger partial charge in [-0.25, -0.2) is 4.98 Å². The molecular formula is C12H16F3N3S. The standard InChI is InChI=1S/C12H16F3N3S/c1-16-10-4-9(12(13,14)15)5-11(18-10)17-6-8-2-3-19-7-8/h4-5,8H,2-3,6-7H2,1H3,(H2,16,17,18). The van der Waals surface area contributed by atoms with Crippen molar-refractivity contribution in [2.24, 2.45) is 5.92 Å². The smallest absolute Gasteiger partial charge is 0.373 e. The molecule has 2 rings (SSSR count). The third-order valence-electron chi connectivity index (χ3n) is 3.00. The Balaban J connectivity index is 2.10. The second-order valence-corrected chi connectivity index (χ2v) is 5.63. The van der Waals surface area contributed by atoms with Crippen LogP contribution in [0.3, 0.4) is 0 Å². The molecule has 0 saturated carbocycles. The Hall–Kier alpha value is -1.11. The van der Waals surface area contributed by atoms with Crippen LogP contribution in [0.1, 0.15) is 12.0 Å². The summed E-state index contributed by atoms with van der Waals surface area (Å²) >= 11 is 1.88. The average Bonchev–Trinajstić information content (AvgIpc) is 2.88. The molecule has 2 N–H and O–H groups in total. The quantitative estimate of drug-likeness (QED) is 0.892. The fourth-order valence-electron chi connectivity index (χ4n) is 1.91. The van der Waals surface area contributed by atoms with Crippen LogP contribution < -0.4 is 10.6 Å². The van der Waals surface area contributed by atoms with Gasteiger partial charge in [0, 0.05) is 13.6 Å². The van der Waals surface area contributed by atoms with Gasteiger partial charge in [-0.2, -0.15) is 24.9 Å². The van der Waals surface area contributed by atoms with E-state index in [-0.39, 0.29) is 11.6 Å². The van der Waals surface area contributed by atoms with Gasteiger partial charge < -0.3 is 10.6 Å². The highest BCUT2D eigenvalue weighted by Gasteiger charge is 2.31. The zero-order chi connectivity index (χ0) is 13.9. The van der Waals surface area contributed by atoms with E-state index >= 15 is 0 Å². The first-order valence-electron chi connectivity index (χ1n) is 6.07. The number of alkyl halides is 3. The van der Waals surface area contributed by atoms with E-state index in [1.54, 1.807) is 7.05 Å². The molecule has 19 heavy (non-hydrogen) atoms. The zero-order valence-electron chi connectivity index (χ0n) is 10.5. The number of hydrogen-bond donors (Lipinski definition) is 2. The maximum Gasteiger partial charge on any atom is 0.416 e. The van der Waals surface area contributed by atoms with Gasteiger partial charge in [-0.3, -0.25) is 0 Å². The predicted octanol–water partition coefficient (Wildman–Crippen LogP) is 3.31. The van der Waals surface area contributed by atoms with Crippen molar-refractivity contribution in [1.82, 2.24) is 4.98 Å². The van der Waals surface area contributed by atoms with Crippen LogP contribution in [0.5, 0.6) is 0 Å². The van der Waals surface area contributed by atoms with E-state index in [1.807, 2.05) is 11.8 Å². The lowest BCUT2D eigenvalue weighted by molar-refractivity contribution is -0.137. The second kappa shape index (κ2) is 5.90. The van der Waals surface area contributed by atoms with E-state index in [0.29, 0.717) is 12.5 Å². The SMILES string of the molecule is CNc1cc(C(F)(F)F)cc(NCC2CCSC2)n1. The molecule has 1 saturated heterocycles. The van der Waals surface area contributed by atoms with Crippen molar-refractivity contribution in [2.45, 2.75) is 12.6 Å². The summed E-state index contributed by atoms with van der Waals surface area (Å²) in [5, 5.41) is 5.66. The van der Waals surface area contributed by atoms with Crippen LogP contribution in [0.2, 0.25) is 0 Å². The second-order valence-electron chi connectivity index (χ2n) is 4.48. The Morgan fingerprint density at radius 2 is 2.11 bits per heavy atom. The summed E-state index contributed by atoms with van der Waals surface area (Å²) in [5.41, 5.74) is -0.685. The van der Waals surface area contributed by atoms with E-state index in [0.717, 1.165) is 30.1 Å². The van der Waals surface area contributed by atoms with Crippen LogP contribution in [0.25, 0.3) is 0 Å². The molecule has 0 bridgehead atoms. The summed E-state index contributed by atoms with van der Waals surface area (Å²) in [4.78, 5) is 4.10. The fourth-order valence-corrected chi connectivity index (χ4v) is 3.19. The summed E-state index contributed by atoms with van der Waals surface area (Å²) in [6.45, 7) is 0.671. The number of anilines is 2. The lowest BCUT2D eigenvalue weighted by Crippen LogP contribution is -2.16. The van der Waals surface area contributed by atoms with Crippen molar-refractivity contribution in [3.63, 3.8) is 0 Å². The Bertz CT molecular complexity index is 431. The molecule has 106 valence electrons. The molecule has 0 spiro atoms. The number of hydrogen-bond acceptors (Lipinski definition) is 4. The number of thioether (sulfide) groups is 1. The third-order valence-corrected chi connectivity index (χ3v) is 4.24. The highest BCUT2D eigenvalue weighted by Crippen LogP contribution is 2.32. The number of nitrogens with zero attached hydrogens (tertiary/aromatic N) is 1. The van der Waals surface area contributed by atoms with Gasteiger partial charge in [-0.15, -0.1) is 0 Å². The van der Waals surface area contributed by atoms with Crippen molar-refractivity contribution in [2.75, 3.05) is 35.7 Å². The number of aromatic nitrogens is 1. The number of nitrogens with one attached hydrogen (secondary N) is 2. The first kappa shape index (κ1) is 14.3. The van der Waals surface area contributed by atoms with Crippen molar-refractivity contribution in [3.8, 4) is 0 Å². The van der Waals surface area contributed by atoms with Gasteiger partial charge in [-0.1, -0.05) is 0 Å². The van der Waals surface area contributed by atoms with Gasteiger partial charge in [0.15, 0.2) is 0 Å². The first-order valence-corrected chi connectivity index (χ1v) is 7.23. The van der Waals surface area contributed by atoms with Gasteiger partial charge >= 0.3 is 6.18 Å². The van der Waals surface area contributed by atoms with Gasteiger partial charge in [0.25, 0.3) is 0 Å². The lowest BCUT2D eigenvalue weighted by Gasteiger charge is -2.14. The summed E-state index contributed by atoms with van der Waals surface area (Å²) in [5.74, 6) is 3.20. The average molecular weight is 291 g/mol. The molecular weight excluding hydrogens is 275 g/mol. The third kappa shape index (κ3) is 3.92. The lowest BCUT2D eigenvalue weighted by atomic mass is 10.1. The van der Waals surface area contributed by atoms with E-state index in [2.05, 4.69) is 15.6 Å². The first-order chi connectivity index (χ1) is 8.99. The molecule has 1 fully saturated rings. The van der Waals surface area contributed by atoms with Crippen molar-refractivity contribution in [3.05, 3.63) is 17.7 Å². The Morgan fingerprint density at radius 1 is 1.37 bits per heavy atom. The summed E-state index contributed by atoms with van der Waals surface area (Å²) < 4.78 is 38.2. The Kier molecular flexibility index (Phi) is 4.44. The van der Waals surface area contributed by atoms with Crippen LogP contribution in [0, 0.1) is 5.92 Å². The molecule has 0 aromatic carbocycles. The van der Waals surface area contributed by atoms with E-state index in [1.165, 1.54) is 0 Å². The van der Waals surface area contributed by atoms with Gasteiger partial charge in [0.1, 0.15) is 11.6 Å². The Morgan fingerprint density at radius 3 is 2.68 bits per heavy atom. The van der Waals surface area contributed by atoms with Crippen LogP contribution in [-0.2, 0) is 6.18 Å². The van der Waals surface area contributed by atoms with Gasteiger partial charge in [0.2, 0.25) is 0 Å². The van der Waals surface area contributed by atoms with Crippen LogP contribution >= 0.6 is 11.8 Å². The highest BCUT2D eigenvalue weighted by atomic mass is 32.2.